The summed E-state index contributed by atoms with van der Waals surface area (Å²) in [4.78, 5) is 0. The van der Waals surface area contributed by atoms with Crippen LogP contribution in [0.3, 0.4) is 0 Å². The smallest absolute Gasteiger partial charge is 0.0927 e. The zero-order valence-electron chi connectivity index (χ0n) is 10.0. The number of hydrogen-bond donors (Lipinski definition) is 2. The van der Waals surface area contributed by atoms with E-state index >= 15 is 0 Å². The fraction of sp³-hybridized carbons (Fsp3) is 0.308. The number of aromatic nitrogens is 2. The molecule has 0 atom stereocenters. The van der Waals surface area contributed by atoms with E-state index in [2.05, 4.69) is 63.5 Å². The molecule has 0 unspecified atom stereocenters. The third-order valence-electron chi connectivity index (χ3n) is 2.67. The Morgan fingerprint density at radius 2 is 2.18 bits per heavy atom. The van der Waals surface area contributed by atoms with E-state index in [1.165, 1.54) is 11.1 Å². The lowest BCUT2D eigenvalue weighted by Gasteiger charge is -2.02. The van der Waals surface area contributed by atoms with Gasteiger partial charge in [-0.2, -0.15) is 5.10 Å². The van der Waals surface area contributed by atoms with Gasteiger partial charge >= 0.3 is 0 Å². The molecule has 1 heterocycles. The van der Waals surface area contributed by atoms with Crippen molar-refractivity contribution in [1.29, 1.82) is 0 Å². The summed E-state index contributed by atoms with van der Waals surface area (Å²) in [5, 5.41) is 10.7. The molecule has 2 rings (SSSR count). The van der Waals surface area contributed by atoms with Crippen molar-refractivity contribution in [1.82, 2.24) is 15.5 Å². The fourth-order valence-corrected chi connectivity index (χ4v) is 2.08. The Bertz CT molecular complexity index is 505. The van der Waals surface area contributed by atoms with Gasteiger partial charge in [0.25, 0.3) is 0 Å². The van der Waals surface area contributed by atoms with Crippen molar-refractivity contribution in [3.8, 4) is 11.3 Å². The van der Waals surface area contributed by atoms with Crippen LogP contribution in [0.25, 0.3) is 11.3 Å². The Labute approximate surface area is 110 Å². The Kier molecular flexibility index (Phi) is 3.97. The van der Waals surface area contributed by atoms with Gasteiger partial charge in [-0.25, -0.2) is 0 Å². The van der Waals surface area contributed by atoms with Crippen molar-refractivity contribution >= 4 is 15.9 Å². The Balaban J connectivity index is 2.27. The van der Waals surface area contributed by atoms with E-state index in [4.69, 9.17) is 0 Å². The molecule has 0 saturated heterocycles. The molecule has 0 aliphatic rings. The van der Waals surface area contributed by atoms with Crippen LogP contribution in [0.5, 0.6) is 0 Å². The predicted octanol–water partition coefficient (Wildman–Crippen LogP) is 3.26. The first-order chi connectivity index (χ1) is 8.20. The van der Waals surface area contributed by atoms with Gasteiger partial charge in [-0.15, -0.1) is 0 Å². The number of aromatic amines is 1. The summed E-state index contributed by atoms with van der Waals surface area (Å²) < 4.78 is 1.08. The predicted molar refractivity (Wildman–Crippen MR) is 73.8 cm³/mol. The molecule has 0 aliphatic carbocycles. The van der Waals surface area contributed by atoms with Crippen LogP contribution in [0.15, 0.2) is 28.7 Å². The molecule has 0 aliphatic heterocycles. The second-order valence-electron chi connectivity index (χ2n) is 4.02. The molecule has 0 fully saturated rings. The SMILES string of the molecule is CCNCc1cc(-c2cc(Br)ccc2C)n[nH]1. The number of benzene rings is 1. The summed E-state index contributed by atoms with van der Waals surface area (Å²) in [7, 11) is 0. The summed E-state index contributed by atoms with van der Waals surface area (Å²) in [6.45, 7) is 5.98. The molecule has 0 radical (unpaired) electrons. The number of aryl methyl sites for hydroxylation is 1. The Morgan fingerprint density at radius 3 is 2.94 bits per heavy atom. The first-order valence-electron chi connectivity index (χ1n) is 5.72. The molecule has 0 bridgehead atoms. The lowest BCUT2D eigenvalue weighted by molar-refractivity contribution is 0.707. The van der Waals surface area contributed by atoms with Crippen LogP contribution in [-0.4, -0.2) is 16.7 Å². The van der Waals surface area contributed by atoms with E-state index in [9.17, 15) is 0 Å². The monoisotopic (exact) mass is 293 g/mol. The molecule has 1 aromatic heterocycles. The van der Waals surface area contributed by atoms with Crippen LogP contribution < -0.4 is 5.32 Å². The van der Waals surface area contributed by atoms with Crippen LogP contribution in [0.1, 0.15) is 18.2 Å². The van der Waals surface area contributed by atoms with Crippen molar-refractivity contribution in [3.63, 3.8) is 0 Å². The number of hydrogen-bond acceptors (Lipinski definition) is 2. The number of H-pyrrole nitrogens is 1. The van der Waals surface area contributed by atoms with Crippen LogP contribution >= 0.6 is 15.9 Å². The van der Waals surface area contributed by atoms with Crippen molar-refractivity contribution in [2.45, 2.75) is 20.4 Å². The minimum Gasteiger partial charge on any atom is -0.311 e. The van der Waals surface area contributed by atoms with Gasteiger partial charge in [0.15, 0.2) is 0 Å². The molecule has 4 heteroatoms. The molecular formula is C13H16BrN3. The summed E-state index contributed by atoms with van der Waals surface area (Å²) >= 11 is 3.49. The third kappa shape index (κ3) is 2.96. The molecule has 2 aromatic rings. The van der Waals surface area contributed by atoms with Crippen molar-refractivity contribution in [2.75, 3.05) is 6.54 Å². The van der Waals surface area contributed by atoms with E-state index < -0.39 is 0 Å². The molecule has 90 valence electrons. The number of halogens is 1. The van der Waals surface area contributed by atoms with E-state index in [-0.39, 0.29) is 0 Å². The standard InChI is InChI=1S/C13H16BrN3/c1-3-15-8-11-7-13(17-16-11)12-6-10(14)5-4-9(12)2/h4-7,15H,3,8H2,1-2H3,(H,16,17). The summed E-state index contributed by atoms with van der Waals surface area (Å²) in [6, 6.07) is 8.34. The van der Waals surface area contributed by atoms with E-state index in [0.717, 1.165) is 29.0 Å². The fourth-order valence-electron chi connectivity index (χ4n) is 1.72. The van der Waals surface area contributed by atoms with Crippen LogP contribution in [0.4, 0.5) is 0 Å². The van der Waals surface area contributed by atoms with Crippen molar-refractivity contribution in [2.24, 2.45) is 0 Å². The van der Waals surface area contributed by atoms with Crippen LogP contribution in [0.2, 0.25) is 0 Å². The summed E-state index contributed by atoms with van der Waals surface area (Å²) in [5.41, 5.74) is 4.51. The second kappa shape index (κ2) is 5.47. The normalized spacial score (nSPS) is 10.8. The van der Waals surface area contributed by atoms with Crippen LogP contribution in [0, 0.1) is 6.92 Å². The molecule has 17 heavy (non-hydrogen) atoms. The van der Waals surface area contributed by atoms with Crippen LogP contribution in [-0.2, 0) is 6.54 Å². The van der Waals surface area contributed by atoms with Gasteiger partial charge in [0.05, 0.1) is 5.69 Å². The minimum atomic E-state index is 0.830. The average Bonchev–Trinajstić information content (AvgIpc) is 2.78. The summed E-state index contributed by atoms with van der Waals surface area (Å²) in [6.07, 6.45) is 0. The van der Waals surface area contributed by atoms with Crippen molar-refractivity contribution < 1.29 is 0 Å². The molecule has 2 N–H and O–H groups in total. The Hall–Kier alpha value is -1.13. The largest absolute Gasteiger partial charge is 0.311 e. The average molecular weight is 294 g/mol. The van der Waals surface area contributed by atoms with Gasteiger partial charge in [0.1, 0.15) is 0 Å². The first kappa shape index (κ1) is 12.3. The summed E-state index contributed by atoms with van der Waals surface area (Å²) in [5.74, 6) is 0. The molecule has 3 nitrogen and oxygen atoms in total. The van der Waals surface area contributed by atoms with Gasteiger partial charge in [-0.1, -0.05) is 28.9 Å². The first-order valence-corrected chi connectivity index (χ1v) is 6.51. The van der Waals surface area contributed by atoms with E-state index in [1.54, 1.807) is 0 Å². The van der Waals surface area contributed by atoms with Gasteiger partial charge in [0.2, 0.25) is 0 Å². The highest BCUT2D eigenvalue weighted by Crippen LogP contribution is 2.25. The third-order valence-corrected chi connectivity index (χ3v) is 3.17. The lowest BCUT2D eigenvalue weighted by atomic mass is 10.1. The number of nitrogens with one attached hydrogen (secondary N) is 2. The second-order valence-corrected chi connectivity index (χ2v) is 4.93. The minimum absolute atomic E-state index is 0.830. The molecule has 0 saturated carbocycles. The Morgan fingerprint density at radius 1 is 1.35 bits per heavy atom. The van der Waals surface area contributed by atoms with Gasteiger partial charge in [-0.3, -0.25) is 5.10 Å². The molecule has 0 amide bonds. The zero-order chi connectivity index (χ0) is 12.3. The van der Waals surface area contributed by atoms with Crippen molar-refractivity contribution in [3.05, 3.63) is 40.0 Å². The van der Waals surface area contributed by atoms with E-state index in [1.807, 2.05) is 6.07 Å². The zero-order valence-corrected chi connectivity index (χ0v) is 11.6. The molecular weight excluding hydrogens is 278 g/mol. The highest BCUT2D eigenvalue weighted by atomic mass is 79.9. The van der Waals surface area contributed by atoms with E-state index in [0.29, 0.717) is 0 Å². The topological polar surface area (TPSA) is 40.7 Å². The highest BCUT2D eigenvalue weighted by molar-refractivity contribution is 9.10. The molecule has 0 spiro atoms. The van der Waals surface area contributed by atoms with Gasteiger partial charge < -0.3 is 5.32 Å². The highest BCUT2D eigenvalue weighted by Gasteiger charge is 2.07. The number of nitrogens with zero attached hydrogens (tertiary/aromatic N) is 1. The quantitative estimate of drug-likeness (QED) is 0.908. The maximum absolute atomic E-state index is 4.36. The van der Waals surface area contributed by atoms with Gasteiger partial charge in [-0.05, 0) is 37.2 Å². The number of rotatable bonds is 4. The lowest BCUT2D eigenvalue weighted by Crippen LogP contribution is -2.11. The maximum atomic E-state index is 4.36. The van der Waals surface area contributed by atoms with Gasteiger partial charge in [0, 0.05) is 22.3 Å². The maximum Gasteiger partial charge on any atom is 0.0927 e. The molecule has 1 aromatic carbocycles.